The second-order valence-electron chi connectivity index (χ2n) is 7.84. The van der Waals surface area contributed by atoms with Crippen LogP contribution < -0.4 is 4.72 Å². The second kappa shape index (κ2) is 6.15. The van der Waals surface area contributed by atoms with Crippen LogP contribution in [0, 0.1) is 0 Å². The van der Waals surface area contributed by atoms with E-state index in [4.69, 9.17) is 0 Å². The van der Waals surface area contributed by atoms with E-state index in [-0.39, 0.29) is 16.2 Å². The van der Waals surface area contributed by atoms with Crippen molar-refractivity contribution in [3.8, 4) is 0 Å². The van der Waals surface area contributed by atoms with Gasteiger partial charge in [0.05, 0.1) is 15.7 Å². The molecule has 1 amide bonds. The Balaban J connectivity index is 1.90. The van der Waals surface area contributed by atoms with Gasteiger partial charge < -0.3 is 10.0 Å². The normalized spacial score (nSPS) is 24.0. The molecule has 2 N–H and O–H groups in total. The van der Waals surface area contributed by atoms with Crippen molar-refractivity contribution in [2.24, 2.45) is 0 Å². The maximum absolute atomic E-state index is 12.7. The van der Waals surface area contributed by atoms with Gasteiger partial charge in [0.15, 0.2) is 0 Å². The molecule has 3 rings (SSSR count). The van der Waals surface area contributed by atoms with Crippen LogP contribution >= 0.6 is 0 Å². The Morgan fingerprint density at radius 2 is 1.92 bits per heavy atom. The van der Waals surface area contributed by atoms with Gasteiger partial charge >= 0.3 is 6.09 Å². The first-order valence-electron chi connectivity index (χ1n) is 8.48. The number of benzene rings is 1. The largest absolute Gasteiger partial charge is 0.465 e. The molecule has 2 aliphatic rings. The minimum absolute atomic E-state index is 0.0888. The van der Waals surface area contributed by atoms with E-state index in [2.05, 4.69) is 16.9 Å². The zero-order valence-corrected chi connectivity index (χ0v) is 15.4. The van der Waals surface area contributed by atoms with Crippen LogP contribution in [0.25, 0.3) is 0 Å². The number of hydrogen-bond acceptors (Lipinski definition) is 2. The van der Waals surface area contributed by atoms with Crippen molar-refractivity contribution in [3.63, 3.8) is 0 Å². The van der Waals surface area contributed by atoms with Crippen molar-refractivity contribution in [1.29, 1.82) is 0 Å². The van der Waals surface area contributed by atoms with Gasteiger partial charge in [0.2, 0.25) is 0 Å². The minimum atomic E-state index is -1.14. The Bertz CT molecular complexity index is 660. The maximum atomic E-state index is 12.7. The molecular formula is C18H26N2O3S. The van der Waals surface area contributed by atoms with E-state index in [1.807, 2.05) is 32.9 Å². The van der Waals surface area contributed by atoms with E-state index in [0.717, 1.165) is 19.3 Å². The van der Waals surface area contributed by atoms with Crippen LogP contribution in [0.1, 0.15) is 44.7 Å². The highest BCUT2D eigenvalue weighted by Crippen LogP contribution is 2.46. The van der Waals surface area contributed by atoms with Crippen LogP contribution in [-0.4, -0.2) is 44.2 Å². The molecule has 0 saturated carbocycles. The standard InChI is InChI=1S/C18H26N2O3S/c1-17(2,3)24(23)19-15-12-13-6-4-5-7-14(13)18(15)8-10-20(11-9-18)16(21)22/h4-7,15,19H,8-12H2,1-3H3,(H,21,22)/t15-,24?/m1/s1. The molecule has 2 atom stereocenters. The number of carbonyl (C=O) groups is 1. The molecule has 1 aromatic carbocycles. The summed E-state index contributed by atoms with van der Waals surface area (Å²) in [5.74, 6) is 0. The molecule has 0 aromatic heterocycles. The van der Waals surface area contributed by atoms with E-state index in [1.54, 1.807) is 0 Å². The fourth-order valence-corrected chi connectivity index (χ4v) is 4.88. The first-order valence-corrected chi connectivity index (χ1v) is 9.63. The topological polar surface area (TPSA) is 69.6 Å². The Hall–Kier alpha value is -1.40. The van der Waals surface area contributed by atoms with Gasteiger partial charge in [-0.15, -0.1) is 0 Å². The van der Waals surface area contributed by atoms with Crippen LogP contribution in [0.2, 0.25) is 0 Å². The molecule has 24 heavy (non-hydrogen) atoms. The predicted molar refractivity (Wildman–Crippen MR) is 95.5 cm³/mol. The molecule has 132 valence electrons. The van der Waals surface area contributed by atoms with Gasteiger partial charge in [0.25, 0.3) is 0 Å². The molecule has 5 nitrogen and oxygen atoms in total. The number of rotatable bonds is 2. The van der Waals surface area contributed by atoms with Gasteiger partial charge in [-0.1, -0.05) is 24.3 Å². The maximum Gasteiger partial charge on any atom is 0.407 e. The smallest absolute Gasteiger partial charge is 0.407 e. The molecule has 1 fully saturated rings. The van der Waals surface area contributed by atoms with Crippen molar-refractivity contribution in [1.82, 2.24) is 9.62 Å². The zero-order chi connectivity index (χ0) is 17.5. The highest BCUT2D eigenvalue weighted by atomic mass is 32.2. The predicted octanol–water partition coefficient (Wildman–Crippen LogP) is 2.67. The fraction of sp³-hybridized carbons (Fsp3) is 0.611. The molecule has 0 bridgehead atoms. The molecule has 1 aromatic rings. The van der Waals surface area contributed by atoms with Gasteiger partial charge in [-0.2, -0.15) is 0 Å². The molecular weight excluding hydrogens is 324 g/mol. The lowest BCUT2D eigenvalue weighted by Crippen LogP contribution is -2.55. The van der Waals surface area contributed by atoms with Crippen molar-refractivity contribution in [2.45, 2.75) is 56.2 Å². The van der Waals surface area contributed by atoms with Gasteiger partial charge in [0.1, 0.15) is 0 Å². The fourth-order valence-electron chi connectivity index (χ4n) is 3.96. The third-order valence-corrected chi connectivity index (χ3v) is 6.99. The third kappa shape index (κ3) is 2.97. The second-order valence-corrected chi connectivity index (χ2v) is 9.84. The summed E-state index contributed by atoms with van der Waals surface area (Å²) < 4.78 is 15.7. The van der Waals surface area contributed by atoms with Crippen molar-refractivity contribution < 1.29 is 14.1 Å². The number of carboxylic acid groups (broad SMARTS) is 1. The Morgan fingerprint density at radius 3 is 2.50 bits per heavy atom. The van der Waals surface area contributed by atoms with Gasteiger partial charge in [-0.25, -0.2) is 13.7 Å². The van der Waals surface area contributed by atoms with Crippen LogP contribution in [-0.2, 0) is 22.8 Å². The number of fused-ring (bicyclic) bond motifs is 2. The Morgan fingerprint density at radius 1 is 1.29 bits per heavy atom. The highest BCUT2D eigenvalue weighted by molar-refractivity contribution is 7.84. The molecule has 1 unspecified atom stereocenters. The average molecular weight is 350 g/mol. The summed E-state index contributed by atoms with van der Waals surface area (Å²) in [7, 11) is -1.14. The summed E-state index contributed by atoms with van der Waals surface area (Å²) in [6, 6.07) is 8.48. The number of hydrogen-bond donors (Lipinski definition) is 2. The SMILES string of the molecule is CC(C)(C)S(=O)N[C@@H]1Cc2ccccc2C12CCN(C(=O)O)CC2. The van der Waals surface area contributed by atoms with Gasteiger partial charge in [-0.3, -0.25) is 0 Å². The lowest BCUT2D eigenvalue weighted by molar-refractivity contribution is 0.110. The summed E-state index contributed by atoms with van der Waals surface area (Å²) in [5.41, 5.74) is 2.48. The number of nitrogens with zero attached hydrogens (tertiary/aromatic N) is 1. The Kier molecular flexibility index (Phi) is 4.47. The molecule has 0 radical (unpaired) electrons. The minimum Gasteiger partial charge on any atom is -0.465 e. The monoisotopic (exact) mass is 350 g/mol. The van der Waals surface area contributed by atoms with Crippen molar-refractivity contribution in [3.05, 3.63) is 35.4 Å². The summed E-state index contributed by atoms with van der Waals surface area (Å²) in [6.45, 7) is 6.97. The van der Waals surface area contributed by atoms with Crippen LogP contribution in [0.15, 0.2) is 24.3 Å². The van der Waals surface area contributed by atoms with Gasteiger partial charge in [0, 0.05) is 24.5 Å². The summed E-state index contributed by atoms with van der Waals surface area (Å²) >= 11 is 0. The van der Waals surface area contributed by atoms with Gasteiger partial charge in [-0.05, 0) is 51.2 Å². The van der Waals surface area contributed by atoms with E-state index in [1.165, 1.54) is 16.0 Å². The van der Waals surface area contributed by atoms with E-state index < -0.39 is 17.1 Å². The van der Waals surface area contributed by atoms with E-state index in [0.29, 0.717) is 13.1 Å². The molecule has 1 spiro atoms. The zero-order valence-electron chi connectivity index (χ0n) is 14.5. The van der Waals surface area contributed by atoms with Crippen LogP contribution in [0.5, 0.6) is 0 Å². The van der Waals surface area contributed by atoms with E-state index in [9.17, 15) is 14.1 Å². The first kappa shape index (κ1) is 17.4. The number of nitrogens with one attached hydrogen (secondary N) is 1. The summed E-state index contributed by atoms with van der Waals surface area (Å²) in [6.07, 6.45) is 1.55. The van der Waals surface area contributed by atoms with Crippen molar-refractivity contribution in [2.75, 3.05) is 13.1 Å². The Labute approximate surface area is 146 Å². The summed E-state index contributed by atoms with van der Waals surface area (Å²) in [5, 5.41) is 9.24. The number of likely N-dealkylation sites (tertiary alicyclic amines) is 1. The van der Waals surface area contributed by atoms with Crippen LogP contribution in [0.4, 0.5) is 4.79 Å². The molecule has 1 aliphatic heterocycles. The molecule has 1 saturated heterocycles. The van der Waals surface area contributed by atoms with Crippen LogP contribution in [0.3, 0.4) is 0 Å². The molecule has 6 heteroatoms. The highest BCUT2D eigenvalue weighted by Gasteiger charge is 2.49. The first-order chi connectivity index (χ1) is 11.2. The molecule has 1 heterocycles. The molecule has 1 aliphatic carbocycles. The van der Waals surface area contributed by atoms with E-state index >= 15 is 0 Å². The average Bonchev–Trinajstić information content (AvgIpc) is 2.81. The quantitative estimate of drug-likeness (QED) is 0.861. The number of amides is 1. The lowest BCUT2D eigenvalue weighted by Gasteiger charge is -2.43. The van der Waals surface area contributed by atoms with Crippen molar-refractivity contribution >= 4 is 17.1 Å². The number of piperidine rings is 1. The lowest BCUT2D eigenvalue weighted by atomic mass is 9.71. The summed E-state index contributed by atoms with van der Waals surface area (Å²) in [4.78, 5) is 12.7. The third-order valence-electron chi connectivity index (χ3n) is 5.38.